The molecule has 0 amide bonds. The topological polar surface area (TPSA) is 54.5 Å². The van der Waals surface area contributed by atoms with E-state index in [0.29, 0.717) is 12.0 Å². The van der Waals surface area contributed by atoms with Gasteiger partial charge in [-0.25, -0.2) is 8.42 Å². The molecular weight excluding hydrogens is 418 g/mol. The van der Waals surface area contributed by atoms with Gasteiger partial charge in [0, 0.05) is 11.1 Å². The molecule has 4 aromatic carbocycles. The summed E-state index contributed by atoms with van der Waals surface area (Å²) in [6.45, 7) is 1.80. The largest absolute Gasteiger partial charge is 0.298 e. The van der Waals surface area contributed by atoms with Crippen molar-refractivity contribution in [3.63, 3.8) is 0 Å². The molecule has 0 aliphatic carbocycles. The highest BCUT2D eigenvalue weighted by Gasteiger charge is 2.26. The van der Waals surface area contributed by atoms with Gasteiger partial charge in [-0.3, -0.25) is 9.10 Å². The summed E-state index contributed by atoms with van der Waals surface area (Å²) in [6, 6.07) is 27.0. The van der Waals surface area contributed by atoms with Crippen molar-refractivity contribution in [2.24, 2.45) is 0 Å². The zero-order chi connectivity index (χ0) is 22.6. The zero-order valence-corrected chi connectivity index (χ0v) is 18.3. The maximum absolute atomic E-state index is 13.5. The summed E-state index contributed by atoms with van der Waals surface area (Å²) in [7, 11) is -3.93. The number of sulfonamides is 1. The van der Waals surface area contributed by atoms with Crippen LogP contribution in [0.2, 0.25) is 0 Å². The summed E-state index contributed by atoms with van der Waals surface area (Å²) in [4.78, 5) is 11.8. The van der Waals surface area contributed by atoms with Crippen molar-refractivity contribution in [2.45, 2.75) is 11.8 Å². The summed E-state index contributed by atoms with van der Waals surface area (Å²) >= 11 is 0. The number of aryl methyl sites for hydroxylation is 1. The van der Waals surface area contributed by atoms with Crippen molar-refractivity contribution in [2.75, 3.05) is 10.8 Å². The van der Waals surface area contributed by atoms with Crippen LogP contribution in [0.1, 0.15) is 21.5 Å². The molecule has 0 saturated carbocycles. The van der Waals surface area contributed by atoms with Crippen LogP contribution in [0, 0.1) is 18.8 Å². The Kier molecular flexibility index (Phi) is 6.07. The predicted molar refractivity (Wildman–Crippen MR) is 128 cm³/mol. The van der Waals surface area contributed by atoms with Crippen LogP contribution in [0.15, 0.2) is 95.9 Å². The number of rotatable bonds is 5. The average molecular weight is 440 g/mol. The molecular formula is C27H21NO3S. The smallest absolute Gasteiger partial charge is 0.265 e. The number of aldehydes is 1. The van der Waals surface area contributed by atoms with E-state index in [-0.39, 0.29) is 17.0 Å². The fourth-order valence-electron chi connectivity index (χ4n) is 3.49. The maximum Gasteiger partial charge on any atom is 0.265 e. The molecule has 0 unspecified atom stereocenters. The van der Waals surface area contributed by atoms with Crippen molar-refractivity contribution in [3.05, 3.63) is 108 Å². The highest BCUT2D eigenvalue weighted by atomic mass is 32.2. The van der Waals surface area contributed by atoms with Gasteiger partial charge < -0.3 is 0 Å². The molecule has 0 aliphatic heterocycles. The minimum atomic E-state index is -3.93. The normalized spacial score (nSPS) is 10.9. The molecule has 158 valence electrons. The molecule has 0 spiro atoms. The Hall–Kier alpha value is -3.88. The number of hydrogen-bond acceptors (Lipinski definition) is 3. The minimum Gasteiger partial charge on any atom is -0.298 e. The minimum absolute atomic E-state index is 0.0930. The molecule has 0 radical (unpaired) electrons. The Bertz CT molecular complexity index is 1440. The van der Waals surface area contributed by atoms with Crippen molar-refractivity contribution in [1.82, 2.24) is 0 Å². The standard InChI is InChI=1S/C27H21NO3S/c1-21-15-17-25(18-16-21)32(30,31)28(27-14-5-3-9-24(27)20-29)19-7-12-23-11-6-10-22-8-2-4-13-26(22)23/h2-6,8-11,13-18,20H,19H2,1H3. The van der Waals surface area contributed by atoms with Crippen molar-refractivity contribution in [1.29, 1.82) is 0 Å². The van der Waals surface area contributed by atoms with Gasteiger partial charge in [0.05, 0.1) is 17.1 Å². The Morgan fingerprint density at radius 2 is 1.53 bits per heavy atom. The van der Waals surface area contributed by atoms with E-state index in [9.17, 15) is 13.2 Å². The number of carbonyl (C=O) groups excluding carboxylic acids is 1. The molecule has 0 atom stereocenters. The van der Waals surface area contributed by atoms with Gasteiger partial charge in [0.2, 0.25) is 0 Å². The first-order valence-electron chi connectivity index (χ1n) is 10.1. The summed E-state index contributed by atoms with van der Waals surface area (Å²) in [5, 5.41) is 2.07. The van der Waals surface area contributed by atoms with E-state index in [2.05, 4.69) is 11.8 Å². The van der Waals surface area contributed by atoms with Gasteiger partial charge in [-0.05, 0) is 48.0 Å². The van der Waals surface area contributed by atoms with E-state index < -0.39 is 10.0 Å². The number of nitrogens with zero attached hydrogens (tertiary/aromatic N) is 1. The first-order valence-corrected chi connectivity index (χ1v) is 11.5. The molecule has 0 N–H and O–H groups in total. The van der Waals surface area contributed by atoms with Crippen molar-refractivity contribution >= 4 is 32.8 Å². The Morgan fingerprint density at radius 3 is 2.31 bits per heavy atom. The van der Waals surface area contributed by atoms with Gasteiger partial charge in [-0.15, -0.1) is 0 Å². The van der Waals surface area contributed by atoms with Crippen molar-refractivity contribution < 1.29 is 13.2 Å². The third kappa shape index (κ3) is 4.27. The lowest BCUT2D eigenvalue weighted by molar-refractivity contribution is 0.112. The van der Waals surface area contributed by atoms with Crippen molar-refractivity contribution in [3.8, 4) is 11.8 Å². The fraction of sp³-hybridized carbons (Fsp3) is 0.0741. The van der Waals surface area contributed by atoms with Gasteiger partial charge in [0.1, 0.15) is 0 Å². The average Bonchev–Trinajstić information content (AvgIpc) is 2.82. The van der Waals surface area contributed by atoms with E-state index in [1.807, 2.05) is 49.4 Å². The van der Waals surface area contributed by atoms with Gasteiger partial charge in [0.25, 0.3) is 10.0 Å². The lowest BCUT2D eigenvalue weighted by Gasteiger charge is -2.23. The van der Waals surface area contributed by atoms with Gasteiger partial charge >= 0.3 is 0 Å². The zero-order valence-electron chi connectivity index (χ0n) is 17.5. The summed E-state index contributed by atoms with van der Waals surface area (Å²) in [5.41, 5.74) is 2.37. The van der Waals surface area contributed by atoms with Crippen LogP contribution in [0.4, 0.5) is 5.69 Å². The Balaban J connectivity index is 1.78. The van der Waals surface area contributed by atoms with Crippen LogP contribution in [0.25, 0.3) is 10.8 Å². The molecule has 4 rings (SSSR count). The van der Waals surface area contributed by atoms with E-state index >= 15 is 0 Å². The summed E-state index contributed by atoms with van der Waals surface area (Å²) < 4.78 is 28.2. The lowest BCUT2D eigenvalue weighted by atomic mass is 10.1. The number of benzene rings is 4. The molecule has 32 heavy (non-hydrogen) atoms. The maximum atomic E-state index is 13.5. The van der Waals surface area contributed by atoms with E-state index in [1.165, 1.54) is 4.31 Å². The molecule has 4 aromatic rings. The number of carbonyl (C=O) groups is 1. The lowest BCUT2D eigenvalue weighted by Crippen LogP contribution is -2.32. The highest BCUT2D eigenvalue weighted by Crippen LogP contribution is 2.26. The van der Waals surface area contributed by atoms with Crippen LogP contribution in [-0.2, 0) is 10.0 Å². The van der Waals surface area contributed by atoms with Gasteiger partial charge in [-0.1, -0.05) is 78.1 Å². The first-order chi connectivity index (χ1) is 15.5. The predicted octanol–water partition coefficient (Wildman–Crippen LogP) is 5.21. The van der Waals surface area contributed by atoms with E-state index in [0.717, 1.165) is 21.9 Å². The third-order valence-electron chi connectivity index (χ3n) is 5.18. The first kappa shape index (κ1) is 21.4. The SMILES string of the molecule is Cc1ccc(S(=O)(=O)N(CC#Cc2cccc3ccccc23)c2ccccc2C=O)cc1. The number of fused-ring (bicyclic) bond motifs is 1. The monoisotopic (exact) mass is 439 g/mol. The van der Waals surface area contributed by atoms with Crippen LogP contribution in [0.3, 0.4) is 0 Å². The number of anilines is 1. The van der Waals surface area contributed by atoms with Crippen LogP contribution >= 0.6 is 0 Å². The van der Waals surface area contributed by atoms with Crippen LogP contribution < -0.4 is 4.31 Å². The number of hydrogen-bond donors (Lipinski definition) is 0. The molecule has 0 aliphatic rings. The molecule has 4 nitrogen and oxygen atoms in total. The Labute approximate surface area is 188 Å². The second-order valence-corrected chi connectivity index (χ2v) is 9.19. The third-order valence-corrected chi connectivity index (χ3v) is 6.95. The summed E-state index contributed by atoms with van der Waals surface area (Å²) in [6.07, 6.45) is 0.658. The molecule has 0 aromatic heterocycles. The van der Waals surface area contributed by atoms with Crippen LogP contribution in [0.5, 0.6) is 0 Å². The molecule has 0 heterocycles. The second-order valence-electron chi connectivity index (χ2n) is 7.33. The Morgan fingerprint density at radius 1 is 0.844 bits per heavy atom. The second kappa shape index (κ2) is 9.09. The molecule has 0 saturated heterocycles. The molecule has 0 fully saturated rings. The quantitative estimate of drug-likeness (QED) is 0.317. The van der Waals surface area contributed by atoms with Gasteiger partial charge in [-0.2, -0.15) is 0 Å². The molecule has 5 heteroatoms. The fourth-order valence-corrected chi connectivity index (χ4v) is 4.89. The van der Waals surface area contributed by atoms with E-state index in [4.69, 9.17) is 0 Å². The number of para-hydroxylation sites is 1. The molecule has 0 bridgehead atoms. The summed E-state index contributed by atoms with van der Waals surface area (Å²) in [5.74, 6) is 6.13. The van der Waals surface area contributed by atoms with E-state index in [1.54, 1.807) is 48.5 Å². The van der Waals surface area contributed by atoms with Crippen LogP contribution in [-0.4, -0.2) is 21.2 Å². The van der Waals surface area contributed by atoms with Gasteiger partial charge in [0.15, 0.2) is 6.29 Å². The highest BCUT2D eigenvalue weighted by molar-refractivity contribution is 7.92.